The van der Waals surface area contributed by atoms with Crippen LogP contribution in [0.4, 0.5) is 5.69 Å². The molecule has 1 amide bonds. The maximum absolute atomic E-state index is 11.9. The first-order valence-corrected chi connectivity index (χ1v) is 8.64. The zero-order valence-electron chi connectivity index (χ0n) is 13.1. The molecule has 0 spiro atoms. The van der Waals surface area contributed by atoms with E-state index in [1.807, 2.05) is 0 Å². The van der Waals surface area contributed by atoms with E-state index in [0.717, 1.165) is 25.7 Å². The van der Waals surface area contributed by atoms with Gasteiger partial charge in [-0.2, -0.15) is 0 Å². The van der Waals surface area contributed by atoms with E-state index in [1.54, 1.807) is 0 Å². The normalized spacial score (nSPS) is 12.5. The van der Waals surface area contributed by atoms with Gasteiger partial charge in [0.1, 0.15) is 5.75 Å². The number of hydrogen-bond donors (Lipinski definition) is 1. The average Bonchev–Trinajstić information content (AvgIpc) is 2.50. The fourth-order valence-corrected chi connectivity index (χ4v) is 2.19. The van der Waals surface area contributed by atoms with Crippen molar-refractivity contribution in [3.8, 4) is 5.75 Å². The van der Waals surface area contributed by atoms with Gasteiger partial charge in [-0.15, -0.1) is 0 Å². The van der Waals surface area contributed by atoms with E-state index in [1.165, 1.54) is 24.3 Å². The molecule has 1 aromatic rings. The SMILES string of the molecule is CCCCCCC(=O)NC(Oc1ccc([N+](=O)[O-])cc1)C(Cl)(Cl)Cl. The van der Waals surface area contributed by atoms with Crippen molar-refractivity contribution in [2.24, 2.45) is 0 Å². The van der Waals surface area contributed by atoms with E-state index in [0.29, 0.717) is 6.42 Å². The molecule has 9 heteroatoms. The number of nitro benzene ring substituents is 1. The molecule has 1 unspecified atom stereocenters. The van der Waals surface area contributed by atoms with Crippen LogP contribution in [0, 0.1) is 10.1 Å². The lowest BCUT2D eigenvalue weighted by Crippen LogP contribution is -2.47. The van der Waals surface area contributed by atoms with Crippen LogP contribution in [-0.4, -0.2) is 20.9 Å². The zero-order valence-corrected chi connectivity index (χ0v) is 15.4. The van der Waals surface area contributed by atoms with E-state index in [9.17, 15) is 14.9 Å². The van der Waals surface area contributed by atoms with E-state index >= 15 is 0 Å². The summed E-state index contributed by atoms with van der Waals surface area (Å²) in [5.41, 5.74) is -0.0901. The number of nitro groups is 1. The van der Waals surface area contributed by atoms with Crippen LogP contribution in [0.3, 0.4) is 0 Å². The number of carbonyl (C=O) groups excluding carboxylic acids is 1. The van der Waals surface area contributed by atoms with Crippen LogP contribution >= 0.6 is 34.8 Å². The molecule has 0 bridgehead atoms. The van der Waals surface area contributed by atoms with Crippen LogP contribution in [0.1, 0.15) is 39.0 Å². The van der Waals surface area contributed by atoms with Crippen LogP contribution < -0.4 is 10.1 Å². The van der Waals surface area contributed by atoms with Crippen molar-refractivity contribution in [1.82, 2.24) is 5.32 Å². The maximum atomic E-state index is 11.9. The number of halogens is 3. The highest BCUT2D eigenvalue weighted by Crippen LogP contribution is 2.32. The van der Waals surface area contributed by atoms with Crippen LogP contribution in [0.5, 0.6) is 5.75 Å². The number of ether oxygens (including phenoxy) is 1. The summed E-state index contributed by atoms with van der Waals surface area (Å²) >= 11 is 17.5. The Hall–Kier alpha value is -1.24. The fraction of sp³-hybridized carbons (Fsp3) is 0.533. The summed E-state index contributed by atoms with van der Waals surface area (Å²) in [6.07, 6.45) is 2.92. The summed E-state index contributed by atoms with van der Waals surface area (Å²) in [7, 11) is 0. The number of hydrogen-bond acceptors (Lipinski definition) is 4. The van der Waals surface area contributed by atoms with E-state index in [-0.39, 0.29) is 17.3 Å². The topological polar surface area (TPSA) is 81.5 Å². The molecule has 1 aromatic carbocycles. The minimum absolute atomic E-state index is 0.0901. The minimum Gasteiger partial charge on any atom is -0.466 e. The molecule has 0 saturated carbocycles. The molecule has 0 aliphatic rings. The number of benzene rings is 1. The van der Waals surface area contributed by atoms with Crippen LogP contribution in [0.25, 0.3) is 0 Å². The Morgan fingerprint density at radius 1 is 1.25 bits per heavy atom. The van der Waals surface area contributed by atoms with Crippen molar-refractivity contribution in [2.75, 3.05) is 0 Å². The summed E-state index contributed by atoms with van der Waals surface area (Å²) in [4.78, 5) is 22.0. The molecule has 0 aliphatic heterocycles. The summed E-state index contributed by atoms with van der Waals surface area (Å²) in [5.74, 6) is -0.0486. The van der Waals surface area contributed by atoms with Crippen molar-refractivity contribution in [3.05, 3.63) is 34.4 Å². The molecule has 24 heavy (non-hydrogen) atoms. The lowest BCUT2D eigenvalue weighted by molar-refractivity contribution is -0.384. The smallest absolute Gasteiger partial charge is 0.269 e. The summed E-state index contributed by atoms with van der Waals surface area (Å²) in [6.45, 7) is 2.08. The second kappa shape index (κ2) is 9.91. The quantitative estimate of drug-likeness (QED) is 0.214. The van der Waals surface area contributed by atoms with E-state index < -0.39 is 14.9 Å². The van der Waals surface area contributed by atoms with Gasteiger partial charge in [0, 0.05) is 18.6 Å². The Kier molecular flexibility index (Phi) is 8.59. The van der Waals surface area contributed by atoms with Crippen LogP contribution in [-0.2, 0) is 4.79 Å². The number of nitrogens with zero attached hydrogens (tertiary/aromatic N) is 1. The number of unbranched alkanes of at least 4 members (excludes halogenated alkanes) is 3. The first kappa shape index (κ1) is 20.8. The molecule has 0 radical (unpaired) electrons. The van der Waals surface area contributed by atoms with Crippen LogP contribution in [0.2, 0.25) is 0 Å². The summed E-state index contributed by atoms with van der Waals surface area (Å²) < 4.78 is 3.57. The molecule has 0 saturated heterocycles. The molecule has 0 heterocycles. The van der Waals surface area contributed by atoms with Crippen molar-refractivity contribution in [2.45, 2.75) is 49.0 Å². The fourth-order valence-electron chi connectivity index (χ4n) is 1.89. The predicted molar refractivity (Wildman–Crippen MR) is 94.7 cm³/mol. The Bertz CT molecular complexity index is 547. The van der Waals surface area contributed by atoms with Gasteiger partial charge in [-0.05, 0) is 18.6 Å². The van der Waals surface area contributed by atoms with Gasteiger partial charge in [-0.3, -0.25) is 14.9 Å². The molecule has 0 fully saturated rings. The van der Waals surface area contributed by atoms with Crippen molar-refractivity contribution < 1.29 is 14.5 Å². The minimum atomic E-state index is -1.89. The number of carbonyl (C=O) groups is 1. The molecule has 134 valence electrons. The van der Waals surface area contributed by atoms with Gasteiger partial charge in [0.2, 0.25) is 15.9 Å². The number of alkyl halides is 3. The monoisotopic (exact) mass is 396 g/mol. The third-order valence-electron chi connectivity index (χ3n) is 3.15. The molecule has 1 N–H and O–H groups in total. The first-order chi connectivity index (χ1) is 11.2. The van der Waals surface area contributed by atoms with Gasteiger partial charge in [0.05, 0.1) is 4.92 Å². The summed E-state index contributed by atoms with van der Waals surface area (Å²) in [6, 6.07) is 5.26. The van der Waals surface area contributed by atoms with Crippen molar-refractivity contribution >= 4 is 46.4 Å². The largest absolute Gasteiger partial charge is 0.466 e. The lowest BCUT2D eigenvalue weighted by atomic mass is 10.1. The zero-order chi connectivity index (χ0) is 18.2. The van der Waals surface area contributed by atoms with Crippen molar-refractivity contribution in [3.63, 3.8) is 0 Å². The third kappa shape index (κ3) is 7.55. The van der Waals surface area contributed by atoms with E-state index in [2.05, 4.69) is 12.2 Å². The molecular formula is C15H19Cl3N2O4. The lowest BCUT2D eigenvalue weighted by Gasteiger charge is -2.26. The van der Waals surface area contributed by atoms with Gasteiger partial charge >= 0.3 is 0 Å². The third-order valence-corrected chi connectivity index (χ3v) is 3.74. The molecule has 0 aliphatic carbocycles. The second-order valence-corrected chi connectivity index (χ2v) is 7.54. The van der Waals surface area contributed by atoms with Gasteiger partial charge in [0.25, 0.3) is 5.69 Å². The Morgan fingerprint density at radius 2 is 1.88 bits per heavy atom. The highest BCUT2D eigenvalue weighted by Gasteiger charge is 2.36. The second-order valence-electron chi connectivity index (χ2n) is 5.17. The molecule has 1 atom stereocenters. The number of amides is 1. The first-order valence-electron chi connectivity index (χ1n) is 7.51. The number of nitrogens with one attached hydrogen (secondary N) is 1. The van der Waals surface area contributed by atoms with Gasteiger partial charge < -0.3 is 10.1 Å². The van der Waals surface area contributed by atoms with Gasteiger partial charge in [-0.1, -0.05) is 61.0 Å². The van der Waals surface area contributed by atoms with Crippen molar-refractivity contribution in [1.29, 1.82) is 0 Å². The molecular weight excluding hydrogens is 379 g/mol. The average molecular weight is 398 g/mol. The molecule has 0 aromatic heterocycles. The van der Waals surface area contributed by atoms with Crippen LogP contribution in [0.15, 0.2) is 24.3 Å². The van der Waals surface area contributed by atoms with Gasteiger partial charge in [0.15, 0.2) is 0 Å². The Balaban J connectivity index is 2.65. The highest BCUT2D eigenvalue weighted by atomic mass is 35.6. The standard InChI is InChI=1S/C15H19Cl3N2O4/c1-2-3-4-5-6-13(21)19-14(15(16,17)18)24-12-9-7-11(8-10-12)20(22)23/h7-10,14H,2-6H2,1H3,(H,19,21). The predicted octanol–water partition coefficient (Wildman–Crippen LogP) is 4.76. The Labute approximate surface area is 155 Å². The molecule has 6 nitrogen and oxygen atoms in total. The maximum Gasteiger partial charge on any atom is 0.269 e. The number of non-ortho nitro benzene ring substituents is 1. The summed E-state index contributed by atoms with van der Waals surface area (Å²) in [5, 5.41) is 13.2. The van der Waals surface area contributed by atoms with E-state index in [4.69, 9.17) is 39.5 Å². The van der Waals surface area contributed by atoms with Gasteiger partial charge in [-0.25, -0.2) is 0 Å². The highest BCUT2D eigenvalue weighted by molar-refractivity contribution is 6.68. The number of rotatable bonds is 9. The molecule has 1 rings (SSSR count). The Morgan fingerprint density at radius 3 is 2.38 bits per heavy atom.